The van der Waals surface area contributed by atoms with E-state index in [1.165, 1.54) is 22.3 Å². The molecular weight excluding hydrogens is 691 g/mol. The van der Waals surface area contributed by atoms with Crippen LogP contribution in [0.25, 0.3) is 11.1 Å². The van der Waals surface area contributed by atoms with Gasteiger partial charge in [0.15, 0.2) is 0 Å². The molecule has 0 amide bonds. The first-order valence-corrected chi connectivity index (χ1v) is 19.1. The third-order valence-corrected chi connectivity index (χ3v) is 11.3. The van der Waals surface area contributed by atoms with Crippen LogP contribution in [-0.2, 0) is 24.0 Å². The van der Waals surface area contributed by atoms with Gasteiger partial charge in [-0.25, -0.2) is 0 Å². The van der Waals surface area contributed by atoms with Crippen LogP contribution in [0.5, 0.6) is 11.5 Å². The molecule has 1 aliphatic rings. The van der Waals surface area contributed by atoms with E-state index < -0.39 is 5.41 Å². The Morgan fingerprint density at radius 2 is 0.964 bits per heavy atom. The number of fused-ring (bicyclic) bond motifs is 3. The number of furan rings is 2. The SMILES string of the molecule is CC1(C)c2ccccc2-c2ccc(N(c3ccccc3)c3ccc(C(C)(c4ccc(OCc5ccco5)cc4)c4ccc(OCc5ccco5)cc4)cc3)cc21. The first-order valence-electron chi connectivity index (χ1n) is 19.1. The summed E-state index contributed by atoms with van der Waals surface area (Å²) in [6, 6.07) is 59.7. The van der Waals surface area contributed by atoms with Crippen LogP contribution >= 0.6 is 0 Å². The van der Waals surface area contributed by atoms with Crippen LogP contribution in [0.1, 0.15) is 60.1 Å². The maximum absolute atomic E-state index is 6.06. The second kappa shape index (κ2) is 14.5. The van der Waals surface area contributed by atoms with Crippen molar-refractivity contribution in [1.29, 1.82) is 0 Å². The topological polar surface area (TPSA) is 48.0 Å². The fraction of sp³-hybridized carbons (Fsp3) is 0.137. The summed E-state index contributed by atoms with van der Waals surface area (Å²) in [6.07, 6.45) is 3.33. The summed E-state index contributed by atoms with van der Waals surface area (Å²) in [7, 11) is 0. The molecule has 5 nitrogen and oxygen atoms in total. The Balaban J connectivity index is 1.08. The molecule has 0 atom stereocenters. The molecule has 0 aliphatic heterocycles. The predicted molar refractivity (Wildman–Crippen MR) is 223 cm³/mol. The predicted octanol–water partition coefficient (Wildman–Crippen LogP) is 13.2. The molecule has 56 heavy (non-hydrogen) atoms. The zero-order valence-corrected chi connectivity index (χ0v) is 31.8. The average molecular weight is 734 g/mol. The van der Waals surface area contributed by atoms with Gasteiger partial charge in [0, 0.05) is 27.9 Å². The minimum atomic E-state index is -0.501. The van der Waals surface area contributed by atoms with Crippen molar-refractivity contribution >= 4 is 17.1 Å². The summed E-state index contributed by atoms with van der Waals surface area (Å²) >= 11 is 0. The van der Waals surface area contributed by atoms with E-state index in [-0.39, 0.29) is 5.41 Å². The molecule has 0 radical (unpaired) electrons. The Bertz CT molecular complexity index is 2450. The van der Waals surface area contributed by atoms with Crippen LogP contribution in [0.3, 0.4) is 0 Å². The van der Waals surface area contributed by atoms with E-state index in [0.29, 0.717) is 13.2 Å². The van der Waals surface area contributed by atoms with E-state index in [2.05, 4.69) is 147 Å². The first kappa shape index (κ1) is 35.0. The van der Waals surface area contributed by atoms with E-state index in [1.54, 1.807) is 12.5 Å². The smallest absolute Gasteiger partial charge is 0.146 e. The Hall–Kier alpha value is -6.72. The lowest BCUT2D eigenvalue weighted by Crippen LogP contribution is -2.25. The first-order chi connectivity index (χ1) is 27.4. The number of hydrogen-bond donors (Lipinski definition) is 0. The summed E-state index contributed by atoms with van der Waals surface area (Å²) in [5.74, 6) is 3.13. The molecule has 0 spiro atoms. The van der Waals surface area contributed by atoms with Crippen LogP contribution < -0.4 is 14.4 Å². The molecule has 8 aromatic rings. The highest BCUT2D eigenvalue weighted by Gasteiger charge is 2.36. The summed E-state index contributed by atoms with van der Waals surface area (Å²) < 4.78 is 23.1. The zero-order chi connectivity index (χ0) is 38.1. The Labute approximate surface area is 328 Å². The number of ether oxygens (including phenoxy) is 2. The van der Waals surface area contributed by atoms with Crippen LogP contribution in [0.15, 0.2) is 191 Å². The van der Waals surface area contributed by atoms with Gasteiger partial charge in [-0.2, -0.15) is 0 Å². The molecule has 1 aliphatic carbocycles. The normalized spacial score (nSPS) is 12.8. The van der Waals surface area contributed by atoms with E-state index in [1.807, 2.05) is 48.5 Å². The van der Waals surface area contributed by atoms with Gasteiger partial charge in [-0.15, -0.1) is 0 Å². The van der Waals surface area contributed by atoms with Crippen molar-refractivity contribution in [2.45, 2.75) is 44.8 Å². The molecule has 2 heterocycles. The van der Waals surface area contributed by atoms with Crippen molar-refractivity contribution < 1.29 is 18.3 Å². The van der Waals surface area contributed by atoms with Gasteiger partial charge < -0.3 is 23.2 Å². The number of anilines is 3. The van der Waals surface area contributed by atoms with Gasteiger partial charge in [-0.05, 0) is 131 Å². The minimum absolute atomic E-state index is 0.102. The van der Waals surface area contributed by atoms with Crippen molar-refractivity contribution in [2.24, 2.45) is 0 Å². The second-order valence-electron chi connectivity index (χ2n) is 15.0. The van der Waals surface area contributed by atoms with Gasteiger partial charge in [-0.3, -0.25) is 0 Å². The second-order valence-corrected chi connectivity index (χ2v) is 15.0. The molecular formula is C51H43NO4. The number of benzene rings is 6. The number of nitrogens with zero attached hydrogens (tertiary/aromatic N) is 1. The van der Waals surface area contributed by atoms with Gasteiger partial charge >= 0.3 is 0 Å². The molecule has 276 valence electrons. The van der Waals surface area contributed by atoms with Crippen LogP contribution in [-0.4, -0.2) is 0 Å². The standard InChI is InChI=1S/C51H43NO4/c1-50(2)48-16-8-7-15-46(48)47-30-25-41(33-49(47)50)52(39-11-5-4-6-12-39)40-23-17-36(18-24-40)51(3,37-19-26-42(27-20-37)55-34-44-13-9-31-53-44)38-21-28-43(29-22-38)56-35-45-14-10-32-54-45/h4-33H,34-35H2,1-3H3. The summed E-state index contributed by atoms with van der Waals surface area (Å²) in [4.78, 5) is 2.36. The van der Waals surface area contributed by atoms with E-state index in [4.69, 9.17) is 18.3 Å². The van der Waals surface area contributed by atoms with Gasteiger partial charge in [0.1, 0.15) is 36.2 Å². The molecule has 0 unspecified atom stereocenters. The van der Waals surface area contributed by atoms with E-state index in [0.717, 1.165) is 56.8 Å². The van der Waals surface area contributed by atoms with Crippen molar-refractivity contribution in [1.82, 2.24) is 0 Å². The highest BCUT2D eigenvalue weighted by atomic mass is 16.5. The molecule has 9 rings (SSSR count). The van der Waals surface area contributed by atoms with E-state index in [9.17, 15) is 0 Å². The number of para-hydroxylation sites is 1. The van der Waals surface area contributed by atoms with Gasteiger partial charge in [0.2, 0.25) is 0 Å². The summed E-state index contributed by atoms with van der Waals surface area (Å²) in [6.45, 7) is 7.70. The maximum Gasteiger partial charge on any atom is 0.146 e. The molecule has 0 saturated carbocycles. The van der Waals surface area contributed by atoms with Crippen molar-refractivity contribution in [2.75, 3.05) is 4.90 Å². The fourth-order valence-corrected chi connectivity index (χ4v) is 8.17. The largest absolute Gasteiger partial charge is 0.486 e. The van der Waals surface area contributed by atoms with Crippen molar-refractivity contribution in [3.8, 4) is 22.6 Å². The van der Waals surface area contributed by atoms with Gasteiger partial charge in [0.25, 0.3) is 0 Å². The Morgan fingerprint density at radius 1 is 0.482 bits per heavy atom. The lowest BCUT2D eigenvalue weighted by molar-refractivity contribution is 0.270. The quantitative estimate of drug-likeness (QED) is 0.117. The van der Waals surface area contributed by atoms with Crippen molar-refractivity contribution in [3.05, 3.63) is 222 Å². The lowest BCUT2D eigenvalue weighted by Gasteiger charge is -2.33. The third-order valence-electron chi connectivity index (χ3n) is 11.3. The van der Waals surface area contributed by atoms with Crippen LogP contribution in [0.2, 0.25) is 0 Å². The number of rotatable bonds is 12. The Morgan fingerprint density at radius 3 is 1.52 bits per heavy atom. The fourth-order valence-electron chi connectivity index (χ4n) is 8.17. The third kappa shape index (κ3) is 6.45. The van der Waals surface area contributed by atoms with Crippen molar-refractivity contribution in [3.63, 3.8) is 0 Å². The van der Waals surface area contributed by atoms with Crippen LogP contribution in [0, 0.1) is 0 Å². The molecule has 2 aromatic heterocycles. The van der Waals surface area contributed by atoms with E-state index >= 15 is 0 Å². The Kier molecular flexibility index (Phi) is 9.06. The lowest BCUT2D eigenvalue weighted by atomic mass is 9.71. The van der Waals surface area contributed by atoms with Gasteiger partial charge in [0.05, 0.1) is 12.5 Å². The number of hydrogen-bond acceptors (Lipinski definition) is 5. The minimum Gasteiger partial charge on any atom is -0.486 e. The van der Waals surface area contributed by atoms with Gasteiger partial charge in [-0.1, -0.05) is 98.8 Å². The molecule has 0 saturated heterocycles. The molecule has 0 fully saturated rings. The summed E-state index contributed by atoms with van der Waals surface area (Å²) in [5.41, 5.74) is 11.5. The maximum atomic E-state index is 6.06. The molecule has 0 N–H and O–H groups in total. The van der Waals surface area contributed by atoms with Crippen LogP contribution in [0.4, 0.5) is 17.1 Å². The average Bonchev–Trinajstić information content (AvgIpc) is 4.02. The zero-order valence-electron chi connectivity index (χ0n) is 31.8. The molecule has 0 bridgehead atoms. The summed E-state index contributed by atoms with van der Waals surface area (Å²) in [5, 5.41) is 0. The highest BCUT2D eigenvalue weighted by molar-refractivity contribution is 5.85. The molecule has 6 aromatic carbocycles. The monoisotopic (exact) mass is 733 g/mol. The molecule has 5 heteroatoms. The highest BCUT2D eigenvalue weighted by Crippen LogP contribution is 2.51.